The summed E-state index contributed by atoms with van der Waals surface area (Å²) in [4.78, 5) is 24.2. The number of carbonyl (C=O) groups excluding carboxylic acids is 2. The largest absolute Gasteiger partial charge is 0.354 e. The van der Waals surface area contributed by atoms with Crippen LogP contribution in [0.4, 0.5) is 0 Å². The number of carbonyl (C=O) groups is 2. The minimum atomic E-state index is -0.336. The predicted molar refractivity (Wildman–Crippen MR) is 71.4 cm³/mol. The second-order valence-corrected chi connectivity index (χ2v) is 6.09. The van der Waals surface area contributed by atoms with Crippen molar-refractivity contribution in [3.63, 3.8) is 0 Å². The maximum Gasteiger partial charge on any atom is 0.242 e. The van der Waals surface area contributed by atoms with E-state index in [9.17, 15) is 9.59 Å². The van der Waals surface area contributed by atoms with Crippen LogP contribution in [0.2, 0.25) is 0 Å². The fraction of sp³-hybridized carbons (Fsp3) is 0.857. The van der Waals surface area contributed by atoms with E-state index in [0.717, 1.165) is 38.8 Å². The Labute approximate surface area is 113 Å². The van der Waals surface area contributed by atoms with Gasteiger partial charge in [0.2, 0.25) is 11.8 Å². The Bertz CT molecular complexity index is 372. The van der Waals surface area contributed by atoms with Crippen molar-refractivity contribution in [2.75, 3.05) is 13.1 Å². The van der Waals surface area contributed by atoms with Crippen molar-refractivity contribution < 1.29 is 9.59 Å². The van der Waals surface area contributed by atoms with E-state index in [-0.39, 0.29) is 23.9 Å². The molecule has 2 amide bonds. The van der Waals surface area contributed by atoms with E-state index in [4.69, 9.17) is 0 Å². The lowest BCUT2D eigenvalue weighted by Gasteiger charge is -2.21. The van der Waals surface area contributed by atoms with Gasteiger partial charge in [0.05, 0.1) is 6.04 Å². The first-order valence-corrected chi connectivity index (χ1v) is 7.57. The lowest BCUT2D eigenvalue weighted by molar-refractivity contribution is -0.130. The molecule has 3 N–H and O–H groups in total. The second-order valence-electron chi connectivity index (χ2n) is 6.09. The molecule has 2 saturated heterocycles. The Hall–Kier alpha value is -1.10. The molecule has 2 heterocycles. The van der Waals surface area contributed by atoms with Crippen molar-refractivity contribution in [3.05, 3.63) is 0 Å². The minimum Gasteiger partial charge on any atom is -0.354 e. The highest BCUT2D eigenvalue weighted by Crippen LogP contribution is 2.37. The van der Waals surface area contributed by atoms with Crippen molar-refractivity contribution in [2.45, 2.75) is 50.6 Å². The van der Waals surface area contributed by atoms with Crippen LogP contribution in [-0.4, -0.2) is 37.0 Å². The monoisotopic (exact) mass is 265 g/mol. The van der Waals surface area contributed by atoms with Crippen LogP contribution in [0.25, 0.3) is 0 Å². The first-order valence-electron chi connectivity index (χ1n) is 7.57. The van der Waals surface area contributed by atoms with Gasteiger partial charge in [0.25, 0.3) is 0 Å². The Morgan fingerprint density at radius 3 is 2.95 bits per heavy atom. The predicted octanol–water partition coefficient (Wildman–Crippen LogP) is 0.159. The van der Waals surface area contributed by atoms with Gasteiger partial charge in [0, 0.05) is 6.54 Å². The quantitative estimate of drug-likeness (QED) is 0.666. The van der Waals surface area contributed by atoms with E-state index in [1.54, 1.807) is 0 Å². The first kappa shape index (κ1) is 12.9. The molecule has 0 aromatic rings. The molecular formula is C14H23N3O2. The van der Waals surface area contributed by atoms with Gasteiger partial charge in [-0.3, -0.25) is 9.59 Å². The van der Waals surface area contributed by atoms with Gasteiger partial charge < -0.3 is 16.0 Å². The van der Waals surface area contributed by atoms with Crippen LogP contribution in [0.3, 0.4) is 0 Å². The molecule has 0 radical (unpaired) electrons. The van der Waals surface area contributed by atoms with E-state index in [2.05, 4.69) is 16.0 Å². The molecule has 2 aliphatic heterocycles. The van der Waals surface area contributed by atoms with Crippen molar-refractivity contribution in [1.29, 1.82) is 0 Å². The first-order chi connectivity index (χ1) is 9.25. The average Bonchev–Trinajstić information content (AvgIpc) is 2.93. The molecule has 5 heteroatoms. The summed E-state index contributed by atoms with van der Waals surface area (Å²) in [7, 11) is 0. The molecule has 3 rings (SSSR count). The fourth-order valence-corrected chi connectivity index (χ4v) is 3.81. The fourth-order valence-electron chi connectivity index (χ4n) is 3.81. The lowest BCUT2D eigenvalue weighted by Crippen LogP contribution is -2.52. The summed E-state index contributed by atoms with van der Waals surface area (Å²) < 4.78 is 0. The summed E-state index contributed by atoms with van der Waals surface area (Å²) in [6.07, 6.45) is 6.39. The van der Waals surface area contributed by atoms with E-state index >= 15 is 0 Å². The molecule has 3 aliphatic rings. The van der Waals surface area contributed by atoms with Gasteiger partial charge in [-0.25, -0.2) is 0 Å². The zero-order chi connectivity index (χ0) is 13.2. The second kappa shape index (κ2) is 5.49. The maximum absolute atomic E-state index is 12.4. The van der Waals surface area contributed by atoms with Crippen molar-refractivity contribution in [1.82, 2.24) is 16.0 Å². The highest BCUT2D eigenvalue weighted by molar-refractivity contribution is 5.90. The van der Waals surface area contributed by atoms with Crippen LogP contribution in [0.1, 0.15) is 38.5 Å². The molecule has 19 heavy (non-hydrogen) atoms. The van der Waals surface area contributed by atoms with E-state index in [1.807, 2.05) is 0 Å². The molecule has 5 nitrogen and oxygen atoms in total. The number of amides is 2. The van der Waals surface area contributed by atoms with E-state index in [1.165, 1.54) is 12.8 Å². The highest BCUT2D eigenvalue weighted by atomic mass is 16.2. The third-order valence-electron chi connectivity index (χ3n) is 4.88. The van der Waals surface area contributed by atoms with Crippen LogP contribution in [0, 0.1) is 11.8 Å². The minimum absolute atomic E-state index is 0.0215. The molecule has 0 spiro atoms. The SMILES string of the molecule is O=C1NCCCCC1NC(=O)C1NCC2CCCC21. The zero-order valence-corrected chi connectivity index (χ0v) is 11.3. The molecule has 1 saturated carbocycles. The van der Waals surface area contributed by atoms with Crippen LogP contribution < -0.4 is 16.0 Å². The van der Waals surface area contributed by atoms with Crippen LogP contribution in [-0.2, 0) is 9.59 Å². The molecule has 0 aromatic carbocycles. The van der Waals surface area contributed by atoms with Gasteiger partial charge >= 0.3 is 0 Å². The number of hydrogen-bond acceptors (Lipinski definition) is 3. The number of hydrogen-bond donors (Lipinski definition) is 3. The molecule has 0 aromatic heterocycles. The van der Waals surface area contributed by atoms with Gasteiger partial charge in [-0.1, -0.05) is 6.42 Å². The van der Waals surface area contributed by atoms with Crippen molar-refractivity contribution in [3.8, 4) is 0 Å². The lowest BCUT2D eigenvalue weighted by atomic mass is 9.93. The summed E-state index contributed by atoms with van der Waals surface area (Å²) in [6, 6.07) is -0.416. The Kier molecular flexibility index (Phi) is 3.73. The summed E-state index contributed by atoms with van der Waals surface area (Å²) in [6.45, 7) is 1.69. The van der Waals surface area contributed by atoms with Gasteiger partial charge in [0.15, 0.2) is 0 Å². The summed E-state index contributed by atoms with van der Waals surface area (Å²) >= 11 is 0. The smallest absolute Gasteiger partial charge is 0.242 e. The summed E-state index contributed by atoms with van der Waals surface area (Å²) in [5, 5.41) is 9.15. The van der Waals surface area contributed by atoms with Crippen LogP contribution in [0.15, 0.2) is 0 Å². The molecule has 0 bridgehead atoms. The standard InChI is InChI=1S/C14H23N3O2/c18-13-11(6-1-2-7-15-13)17-14(19)12-10-5-3-4-9(10)8-16-12/h9-12,16H,1-8H2,(H,15,18)(H,17,19). The maximum atomic E-state index is 12.4. The van der Waals surface area contributed by atoms with E-state index in [0.29, 0.717) is 11.8 Å². The normalized spacial score (nSPS) is 38.4. The molecular weight excluding hydrogens is 242 g/mol. The van der Waals surface area contributed by atoms with Crippen molar-refractivity contribution in [2.24, 2.45) is 11.8 Å². The van der Waals surface area contributed by atoms with Gasteiger partial charge in [-0.05, 0) is 50.5 Å². The molecule has 4 unspecified atom stereocenters. The van der Waals surface area contributed by atoms with Gasteiger partial charge in [-0.2, -0.15) is 0 Å². The Morgan fingerprint density at radius 2 is 2.05 bits per heavy atom. The third-order valence-corrected chi connectivity index (χ3v) is 4.88. The molecule has 4 atom stereocenters. The highest BCUT2D eigenvalue weighted by Gasteiger charge is 2.43. The molecule has 3 fully saturated rings. The summed E-state index contributed by atoms with van der Waals surface area (Å²) in [5.41, 5.74) is 0. The van der Waals surface area contributed by atoms with Gasteiger partial charge in [-0.15, -0.1) is 0 Å². The Morgan fingerprint density at radius 1 is 1.16 bits per heavy atom. The topological polar surface area (TPSA) is 70.2 Å². The van der Waals surface area contributed by atoms with Crippen molar-refractivity contribution >= 4 is 11.8 Å². The average molecular weight is 265 g/mol. The summed E-state index contributed by atoms with van der Waals surface area (Å²) in [5.74, 6) is 1.15. The molecule has 106 valence electrons. The third kappa shape index (κ3) is 2.61. The van der Waals surface area contributed by atoms with Gasteiger partial charge in [0.1, 0.15) is 6.04 Å². The number of nitrogens with one attached hydrogen (secondary N) is 3. The van der Waals surface area contributed by atoms with Crippen LogP contribution >= 0.6 is 0 Å². The van der Waals surface area contributed by atoms with E-state index < -0.39 is 0 Å². The zero-order valence-electron chi connectivity index (χ0n) is 11.3. The number of fused-ring (bicyclic) bond motifs is 1. The van der Waals surface area contributed by atoms with Crippen LogP contribution in [0.5, 0.6) is 0 Å². The number of rotatable bonds is 2. The molecule has 1 aliphatic carbocycles. The Balaban J connectivity index is 1.59.